The summed E-state index contributed by atoms with van der Waals surface area (Å²) in [4.78, 5) is 0.199. The Morgan fingerprint density at radius 3 is 2.67 bits per heavy atom. The molecule has 0 amide bonds. The maximum atomic E-state index is 12.5. The van der Waals surface area contributed by atoms with Gasteiger partial charge < -0.3 is 9.47 Å². The second kappa shape index (κ2) is 6.77. The fourth-order valence-corrected chi connectivity index (χ4v) is 3.60. The lowest BCUT2D eigenvalue weighted by atomic mass is 10.1. The van der Waals surface area contributed by atoms with Crippen LogP contribution in [0.3, 0.4) is 0 Å². The highest BCUT2D eigenvalue weighted by Crippen LogP contribution is 2.27. The van der Waals surface area contributed by atoms with E-state index in [9.17, 15) is 8.42 Å². The number of hydrogen-bond acceptors (Lipinski definition) is 4. The largest absolute Gasteiger partial charge is 0.492 e. The Hall–Kier alpha value is -1.11. The van der Waals surface area contributed by atoms with Crippen molar-refractivity contribution in [3.05, 3.63) is 23.3 Å². The summed E-state index contributed by atoms with van der Waals surface area (Å²) in [5, 5.41) is 0. The van der Waals surface area contributed by atoms with Crippen molar-refractivity contribution in [2.45, 2.75) is 44.6 Å². The molecule has 1 N–H and O–H groups in total. The summed E-state index contributed by atoms with van der Waals surface area (Å²) in [5.41, 5.74) is 1.94. The SMILES string of the molecule is CCOc1cc(C)c(C)cc1S(=O)(=O)NC[C@H]1CCCO1. The fraction of sp³-hybridized carbons (Fsp3) is 0.600. The summed E-state index contributed by atoms with van der Waals surface area (Å²) < 4.78 is 38.6. The molecular weight excluding hydrogens is 290 g/mol. The van der Waals surface area contributed by atoms with E-state index in [-0.39, 0.29) is 11.0 Å². The van der Waals surface area contributed by atoms with Crippen molar-refractivity contribution in [1.82, 2.24) is 4.72 Å². The molecule has 1 heterocycles. The first kappa shape index (κ1) is 16.3. The highest BCUT2D eigenvalue weighted by Gasteiger charge is 2.23. The number of rotatable bonds is 6. The molecule has 1 saturated heterocycles. The van der Waals surface area contributed by atoms with Gasteiger partial charge in [-0.2, -0.15) is 0 Å². The third kappa shape index (κ3) is 3.96. The van der Waals surface area contributed by atoms with E-state index in [0.29, 0.717) is 25.5 Å². The average Bonchev–Trinajstić information content (AvgIpc) is 2.94. The number of ether oxygens (including phenoxy) is 2. The van der Waals surface area contributed by atoms with E-state index in [4.69, 9.17) is 9.47 Å². The van der Waals surface area contributed by atoms with Crippen molar-refractivity contribution in [1.29, 1.82) is 0 Å². The van der Waals surface area contributed by atoms with Crippen molar-refractivity contribution < 1.29 is 17.9 Å². The number of nitrogens with one attached hydrogen (secondary N) is 1. The molecule has 0 spiro atoms. The maximum absolute atomic E-state index is 12.5. The molecule has 118 valence electrons. The van der Waals surface area contributed by atoms with Crippen LogP contribution in [0.2, 0.25) is 0 Å². The first-order valence-electron chi connectivity index (χ1n) is 7.29. The maximum Gasteiger partial charge on any atom is 0.244 e. The van der Waals surface area contributed by atoms with Crippen LogP contribution >= 0.6 is 0 Å². The molecule has 1 aromatic rings. The molecule has 1 fully saturated rings. The summed E-state index contributed by atoms with van der Waals surface area (Å²) in [7, 11) is -3.59. The van der Waals surface area contributed by atoms with Gasteiger partial charge in [0.1, 0.15) is 10.6 Å². The highest BCUT2D eigenvalue weighted by molar-refractivity contribution is 7.89. The van der Waals surface area contributed by atoms with Gasteiger partial charge in [-0.15, -0.1) is 0 Å². The molecule has 2 rings (SSSR count). The molecule has 0 radical (unpaired) electrons. The summed E-state index contributed by atoms with van der Waals surface area (Å²) in [6.07, 6.45) is 1.86. The van der Waals surface area contributed by atoms with Gasteiger partial charge in [-0.1, -0.05) is 0 Å². The van der Waals surface area contributed by atoms with Gasteiger partial charge in [0.2, 0.25) is 10.0 Å². The predicted molar refractivity (Wildman–Crippen MR) is 81.2 cm³/mol. The molecule has 1 aromatic carbocycles. The Bertz CT molecular complexity index is 592. The zero-order chi connectivity index (χ0) is 15.5. The quantitative estimate of drug-likeness (QED) is 0.874. The zero-order valence-corrected chi connectivity index (χ0v) is 13.6. The second-order valence-corrected chi connectivity index (χ2v) is 7.04. The minimum atomic E-state index is -3.59. The highest BCUT2D eigenvalue weighted by atomic mass is 32.2. The van der Waals surface area contributed by atoms with Crippen LogP contribution in [-0.2, 0) is 14.8 Å². The topological polar surface area (TPSA) is 64.6 Å². The van der Waals surface area contributed by atoms with Gasteiger partial charge in [0.25, 0.3) is 0 Å². The second-order valence-electron chi connectivity index (χ2n) is 5.30. The van der Waals surface area contributed by atoms with Crippen molar-refractivity contribution in [3.63, 3.8) is 0 Å². The van der Waals surface area contributed by atoms with Crippen LogP contribution in [0.1, 0.15) is 30.9 Å². The summed E-state index contributed by atoms with van der Waals surface area (Å²) in [5.74, 6) is 0.403. The Labute approximate surface area is 126 Å². The van der Waals surface area contributed by atoms with Crippen LogP contribution in [0.4, 0.5) is 0 Å². The van der Waals surface area contributed by atoms with Crippen molar-refractivity contribution >= 4 is 10.0 Å². The predicted octanol–water partition coefficient (Wildman–Crippen LogP) is 2.16. The smallest absolute Gasteiger partial charge is 0.244 e. The molecule has 6 heteroatoms. The van der Waals surface area contributed by atoms with E-state index < -0.39 is 10.0 Å². The molecule has 0 unspecified atom stereocenters. The van der Waals surface area contributed by atoms with Gasteiger partial charge in [0.05, 0.1) is 12.7 Å². The van der Waals surface area contributed by atoms with Gasteiger partial charge in [-0.25, -0.2) is 13.1 Å². The molecule has 0 aliphatic carbocycles. The standard InChI is InChI=1S/C15H23NO4S/c1-4-19-14-8-11(2)12(3)9-15(14)21(17,18)16-10-13-6-5-7-20-13/h8-9,13,16H,4-7,10H2,1-3H3/t13-/m1/s1. The van der Waals surface area contributed by atoms with E-state index in [1.807, 2.05) is 20.8 Å². The van der Waals surface area contributed by atoms with E-state index >= 15 is 0 Å². The third-order valence-corrected chi connectivity index (χ3v) is 5.12. The van der Waals surface area contributed by atoms with Gasteiger partial charge >= 0.3 is 0 Å². The molecule has 5 nitrogen and oxygen atoms in total. The molecule has 0 aromatic heterocycles. The summed E-state index contributed by atoms with van der Waals surface area (Å²) >= 11 is 0. The van der Waals surface area contributed by atoms with Crippen LogP contribution in [0.15, 0.2) is 17.0 Å². The van der Waals surface area contributed by atoms with Gasteiger partial charge in [-0.05, 0) is 56.9 Å². The normalized spacial score (nSPS) is 18.9. The van der Waals surface area contributed by atoms with Crippen LogP contribution < -0.4 is 9.46 Å². The third-order valence-electron chi connectivity index (χ3n) is 3.67. The van der Waals surface area contributed by atoms with Gasteiger partial charge in [-0.3, -0.25) is 0 Å². The van der Waals surface area contributed by atoms with Crippen LogP contribution in [0.5, 0.6) is 5.75 Å². The minimum absolute atomic E-state index is 0.0261. The summed E-state index contributed by atoms with van der Waals surface area (Å²) in [6, 6.07) is 3.44. The van der Waals surface area contributed by atoms with Crippen LogP contribution in [0, 0.1) is 13.8 Å². The van der Waals surface area contributed by atoms with E-state index in [2.05, 4.69) is 4.72 Å². The lowest BCUT2D eigenvalue weighted by Crippen LogP contribution is -2.32. The molecule has 21 heavy (non-hydrogen) atoms. The van der Waals surface area contributed by atoms with Crippen molar-refractivity contribution in [2.24, 2.45) is 0 Å². The van der Waals surface area contributed by atoms with Crippen molar-refractivity contribution in [2.75, 3.05) is 19.8 Å². The Kier molecular flexibility index (Phi) is 5.24. The molecule has 0 bridgehead atoms. The average molecular weight is 313 g/mol. The fourth-order valence-electron chi connectivity index (χ4n) is 2.33. The van der Waals surface area contributed by atoms with Crippen LogP contribution in [-0.4, -0.2) is 34.3 Å². The molecule has 0 saturated carbocycles. The van der Waals surface area contributed by atoms with Gasteiger partial charge in [0.15, 0.2) is 0 Å². The number of aryl methyl sites for hydroxylation is 2. The van der Waals surface area contributed by atoms with Gasteiger partial charge in [0, 0.05) is 13.2 Å². The molecule has 1 aliphatic rings. The minimum Gasteiger partial charge on any atom is -0.492 e. The first-order valence-corrected chi connectivity index (χ1v) is 8.77. The van der Waals surface area contributed by atoms with E-state index in [1.54, 1.807) is 12.1 Å². The van der Waals surface area contributed by atoms with Crippen molar-refractivity contribution in [3.8, 4) is 5.75 Å². The summed E-state index contributed by atoms with van der Waals surface area (Å²) in [6.45, 7) is 7.11. The Morgan fingerprint density at radius 1 is 1.33 bits per heavy atom. The lowest BCUT2D eigenvalue weighted by Gasteiger charge is -2.16. The molecule has 1 atom stereocenters. The number of sulfonamides is 1. The molecular formula is C15H23NO4S. The van der Waals surface area contributed by atoms with E-state index in [1.165, 1.54) is 0 Å². The van der Waals surface area contributed by atoms with E-state index in [0.717, 1.165) is 24.0 Å². The first-order chi connectivity index (χ1) is 9.94. The zero-order valence-electron chi connectivity index (χ0n) is 12.8. The lowest BCUT2D eigenvalue weighted by molar-refractivity contribution is 0.114. The number of hydrogen-bond donors (Lipinski definition) is 1. The van der Waals surface area contributed by atoms with Crippen LogP contribution in [0.25, 0.3) is 0 Å². The Balaban J connectivity index is 2.22. The number of benzene rings is 1. The Morgan fingerprint density at radius 2 is 2.05 bits per heavy atom. The monoisotopic (exact) mass is 313 g/mol. The molecule has 1 aliphatic heterocycles.